The largest absolute Gasteiger partial charge is 0.467 e. The molecule has 1 fully saturated rings. The van der Waals surface area contributed by atoms with Crippen LogP contribution in [0.3, 0.4) is 0 Å². The zero-order chi connectivity index (χ0) is 12.3. The Balaban J connectivity index is 2.52. The lowest BCUT2D eigenvalue weighted by molar-refractivity contribution is -0.150. The molecule has 0 aromatic rings. The summed E-state index contributed by atoms with van der Waals surface area (Å²) in [7, 11) is 1.31. The first-order chi connectivity index (χ1) is 7.38. The molecule has 92 valence electrons. The molecule has 5 heteroatoms. The number of amides is 1. The van der Waals surface area contributed by atoms with Crippen LogP contribution in [0, 0.1) is 11.8 Å². The molecule has 1 rings (SSSR count). The first-order valence-electron chi connectivity index (χ1n) is 5.49. The van der Waals surface area contributed by atoms with Crippen LogP contribution in [0.25, 0.3) is 0 Å². The van der Waals surface area contributed by atoms with Crippen LogP contribution in [0.5, 0.6) is 0 Å². The highest BCUT2D eigenvalue weighted by Gasteiger charge is 2.35. The molecular weight excluding hydrogens is 208 g/mol. The quantitative estimate of drug-likeness (QED) is 0.660. The highest BCUT2D eigenvalue weighted by molar-refractivity contribution is 5.88. The fourth-order valence-corrected chi connectivity index (χ4v) is 1.61. The van der Waals surface area contributed by atoms with Gasteiger partial charge in [0.1, 0.15) is 5.54 Å². The van der Waals surface area contributed by atoms with Crippen molar-refractivity contribution in [3.8, 4) is 0 Å². The van der Waals surface area contributed by atoms with Crippen molar-refractivity contribution >= 4 is 11.9 Å². The van der Waals surface area contributed by atoms with Crippen molar-refractivity contribution in [2.75, 3.05) is 20.2 Å². The second kappa shape index (κ2) is 4.82. The van der Waals surface area contributed by atoms with E-state index < -0.39 is 11.5 Å². The SMILES string of the molecule is COC(=O)C(C)(C)NC(=O)C(C)C1CNC1. The van der Waals surface area contributed by atoms with Crippen molar-refractivity contribution in [3.05, 3.63) is 0 Å². The Hall–Kier alpha value is -1.10. The van der Waals surface area contributed by atoms with Crippen LogP contribution in [-0.2, 0) is 14.3 Å². The molecule has 5 nitrogen and oxygen atoms in total. The molecule has 1 aliphatic heterocycles. The number of nitrogens with one attached hydrogen (secondary N) is 2. The van der Waals surface area contributed by atoms with Gasteiger partial charge in [0.2, 0.25) is 5.91 Å². The average molecular weight is 228 g/mol. The average Bonchev–Trinajstić information content (AvgIpc) is 2.12. The fourth-order valence-electron chi connectivity index (χ4n) is 1.61. The topological polar surface area (TPSA) is 67.4 Å². The van der Waals surface area contributed by atoms with Crippen molar-refractivity contribution in [1.82, 2.24) is 10.6 Å². The summed E-state index contributed by atoms with van der Waals surface area (Å²) in [4.78, 5) is 23.3. The van der Waals surface area contributed by atoms with E-state index in [4.69, 9.17) is 0 Å². The van der Waals surface area contributed by atoms with E-state index in [0.29, 0.717) is 5.92 Å². The molecule has 0 aliphatic carbocycles. The van der Waals surface area contributed by atoms with E-state index in [-0.39, 0.29) is 11.8 Å². The molecule has 1 atom stereocenters. The fraction of sp³-hybridized carbons (Fsp3) is 0.818. The third kappa shape index (κ3) is 2.72. The minimum Gasteiger partial charge on any atom is -0.467 e. The monoisotopic (exact) mass is 228 g/mol. The van der Waals surface area contributed by atoms with Crippen molar-refractivity contribution < 1.29 is 14.3 Å². The minimum atomic E-state index is -0.961. The van der Waals surface area contributed by atoms with Gasteiger partial charge in [-0.1, -0.05) is 6.92 Å². The number of carbonyl (C=O) groups is 2. The van der Waals surface area contributed by atoms with E-state index >= 15 is 0 Å². The lowest BCUT2D eigenvalue weighted by atomic mass is 9.87. The second-order valence-corrected chi connectivity index (χ2v) is 4.81. The first kappa shape index (κ1) is 13.0. The lowest BCUT2D eigenvalue weighted by Gasteiger charge is -2.33. The third-order valence-electron chi connectivity index (χ3n) is 3.07. The van der Waals surface area contributed by atoms with Gasteiger partial charge in [0, 0.05) is 5.92 Å². The van der Waals surface area contributed by atoms with Gasteiger partial charge in [-0.05, 0) is 32.9 Å². The van der Waals surface area contributed by atoms with Gasteiger partial charge in [0.25, 0.3) is 0 Å². The van der Waals surface area contributed by atoms with E-state index in [1.807, 2.05) is 6.92 Å². The Kier molecular flexibility index (Phi) is 3.91. The van der Waals surface area contributed by atoms with E-state index in [9.17, 15) is 9.59 Å². The summed E-state index contributed by atoms with van der Waals surface area (Å²) < 4.78 is 4.63. The molecule has 1 heterocycles. The van der Waals surface area contributed by atoms with Crippen molar-refractivity contribution in [2.24, 2.45) is 11.8 Å². The maximum atomic E-state index is 11.9. The molecule has 0 aromatic carbocycles. The van der Waals surface area contributed by atoms with Crippen LogP contribution in [0.1, 0.15) is 20.8 Å². The lowest BCUT2D eigenvalue weighted by Crippen LogP contribution is -2.55. The minimum absolute atomic E-state index is 0.0785. The van der Waals surface area contributed by atoms with Crippen LogP contribution in [0.2, 0.25) is 0 Å². The normalized spacial score (nSPS) is 18.5. The van der Waals surface area contributed by atoms with Gasteiger partial charge in [-0.25, -0.2) is 4.79 Å². The van der Waals surface area contributed by atoms with Crippen LogP contribution in [0.4, 0.5) is 0 Å². The summed E-state index contributed by atoms with van der Waals surface area (Å²) >= 11 is 0. The number of ether oxygens (including phenoxy) is 1. The Morgan fingerprint density at radius 3 is 2.38 bits per heavy atom. The van der Waals surface area contributed by atoms with Gasteiger partial charge in [-0.2, -0.15) is 0 Å². The van der Waals surface area contributed by atoms with Crippen molar-refractivity contribution in [3.63, 3.8) is 0 Å². The Labute approximate surface area is 95.9 Å². The predicted octanol–water partition coefficient (Wildman–Crippen LogP) is -0.0903. The van der Waals surface area contributed by atoms with E-state index in [1.165, 1.54) is 7.11 Å². The van der Waals surface area contributed by atoms with E-state index in [2.05, 4.69) is 15.4 Å². The summed E-state index contributed by atoms with van der Waals surface area (Å²) in [5.74, 6) is -0.236. The van der Waals surface area contributed by atoms with E-state index in [1.54, 1.807) is 13.8 Å². The van der Waals surface area contributed by atoms with Gasteiger partial charge >= 0.3 is 5.97 Å². The standard InChI is InChI=1S/C11H20N2O3/c1-7(8-5-12-6-8)9(14)13-11(2,3)10(15)16-4/h7-8,12H,5-6H2,1-4H3,(H,13,14). The Bertz CT molecular complexity index is 285. The van der Waals surface area contributed by atoms with Crippen LogP contribution >= 0.6 is 0 Å². The highest BCUT2D eigenvalue weighted by atomic mass is 16.5. The van der Waals surface area contributed by atoms with Crippen molar-refractivity contribution in [1.29, 1.82) is 0 Å². The van der Waals surface area contributed by atoms with Crippen LogP contribution < -0.4 is 10.6 Å². The molecular formula is C11H20N2O3. The number of carbonyl (C=O) groups excluding carboxylic acids is 2. The van der Waals surface area contributed by atoms with Gasteiger partial charge in [-0.3, -0.25) is 4.79 Å². The molecule has 0 saturated carbocycles. The molecule has 0 bridgehead atoms. The Morgan fingerprint density at radius 2 is 2.00 bits per heavy atom. The van der Waals surface area contributed by atoms with Crippen molar-refractivity contribution in [2.45, 2.75) is 26.3 Å². The number of hydrogen-bond donors (Lipinski definition) is 2. The number of hydrogen-bond acceptors (Lipinski definition) is 4. The second-order valence-electron chi connectivity index (χ2n) is 4.81. The summed E-state index contributed by atoms with van der Waals surface area (Å²) in [6, 6.07) is 0. The van der Waals surface area contributed by atoms with Gasteiger partial charge in [0.05, 0.1) is 7.11 Å². The summed E-state index contributed by atoms with van der Waals surface area (Å²) in [5.41, 5.74) is -0.961. The molecule has 0 radical (unpaired) electrons. The van der Waals surface area contributed by atoms with Gasteiger partial charge in [0.15, 0.2) is 0 Å². The van der Waals surface area contributed by atoms with Crippen LogP contribution in [-0.4, -0.2) is 37.6 Å². The first-order valence-corrected chi connectivity index (χ1v) is 5.49. The maximum Gasteiger partial charge on any atom is 0.330 e. The summed E-state index contributed by atoms with van der Waals surface area (Å²) in [5, 5.41) is 5.84. The number of esters is 1. The molecule has 0 aromatic heterocycles. The summed E-state index contributed by atoms with van der Waals surface area (Å²) in [6.45, 7) is 6.90. The highest BCUT2D eigenvalue weighted by Crippen LogP contribution is 2.17. The van der Waals surface area contributed by atoms with E-state index in [0.717, 1.165) is 13.1 Å². The van der Waals surface area contributed by atoms with Crippen LogP contribution in [0.15, 0.2) is 0 Å². The molecule has 2 N–H and O–H groups in total. The Morgan fingerprint density at radius 1 is 1.44 bits per heavy atom. The third-order valence-corrected chi connectivity index (χ3v) is 3.07. The zero-order valence-electron chi connectivity index (χ0n) is 10.3. The van der Waals surface area contributed by atoms with Gasteiger partial charge in [-0.15, -0.1) is 0 Å². The van der Waals surface area contributed by atoms with Gasteiger partial charge < -0.3 is 15.4 Å². The molecule has 1 aliphatic rings. The summed E-state index contributed by atoms with van der Waals surface area (Å²) in [6.07, 6.45) is 0. The number of rotatable bonds is 4. The zero-order valence-corrected chi connectivity index (χ0v) is 10.3. The predicted molar refractivity (Wildman–Crippen MR) is 59.8 cm³/mol. The number of methoxy groups -OCH3 is 1. The smallest absolute Gasteiger partial charge is 0.330 e. The maximum absolute atomic E-state index is 11.9. The molecule has 1 saturated heterocycles. The molecule has 16 heavy (non-hydrogen) atoms. The molecule has 1 amide bonds. The molecule has 1 unspecified atom stereocenters. The molecule has 0 spiro atoms.